The molecule has 0 spiro atoms. The molecule has 0 radical (unpaired) electrons. The van der Waals surface area contributed by atoms with E-state index in [9.17, 15) is 0 Å². The van der Waals surface area contributed by atoms with Gasteiger partial charge in [0.05, 0.1) is 5.52 Å². The molecule has 4 heteroatoms. The second-order valence-electron chi connectivity index (χ2n) is 6.88. The van der Waals surface area contributed by atoms with Crippen LogP contribution in [0, 0.1) is 13.8 Å². The number of anilines is 1. The van der Waals surface area contributed by atoms with Gasteiger partial charge < -0.3 is 5.32 Å². The van der Waals surface area contributed by atoms with Crippen molar-refractivity contribution in [2.75, 3.05) is 5.32 Å². The summed E-state index contributed by atoms with van der Waals surface area (Å²) in [5.74, 6) is 1.64. The molecular formula is C23H22N4. The van der Waals surface area contributed by atoms with Crippen LogP contribution in [0.2, 0.25) is 0 Å². The van der Waals surface area contributed by atoms with Gasteiger partial charge in [-0.3, -0.25) is 4.98 Å². The zero-order chi connectivity index (χ0) is 18.8. The second kappa shape index (κ2) is 7.16. The molecule has 0 fully saturated rings. The summed E-state index contributed by atoms with van der Waals surface area (Å²) < 4.78 is 0. The van der Waals surface area contributed by atoms with Crippen LogP contribution in [0.1, 0.15) is 29.9 Å². The summed E-state index contributed by atoms with van der Waals surface area (Å²) in [6, 6.07) is 18.9. The first-order valence-corrected chi connectivity index (χ1v) is 9.12. The van der Waals surface area contributed by atoms with E-state index in [1.807, 2.05) is 37.5 Å². The molecule has 27 heavy (non-hydrogen) atoms. The highest BCUT2D eigenvalue weighted by Gasteiger charge is 2.11. The summed E-state index contributed by atoms with van der Waals surface area (Å²) in [7, 11) is 0. The number of para-hydroxylation sites is 1. The highest BCUT2D eigenvalue weighted by atomic mass is 15.0. The van der Waals surface area contributed by atoms with Gasteiger partial charge in [-0.05, 0) is 61.7 Å². The molecule has 0 aliphatic heterocycles. The van der Waals surface area contributed by atoms with Gasteiger partial charge >= 0.3 is 0 Å². The van der Waals surface area contributed by atoms with Gasteiger partial charge in [0.25, 0.3) is 0 Å². The normalized spacial score (nSPS) is 12.1. The lowest BCUT2D eigenvalue weighted by atomic mass is 10.0. The quantitative estimate of drug-likeness (QED) is 0.527. The van der Waals surface area contributed by atoms with Gasteiger partial charge in [0.1, 0.15) is 11.6 Å². The number of benzene rings is 2. The van der Waals surface area contributed by atoms with E-state index < -0.39 is 0 Å². The van der Waals surface area contributed by atoms with Crippen molar-refractivity contribution in [1.29, 1.82) is 0 Å². The van der Waals surface area contributed by atoms with Gasteiger partial charge in [-0.1, -0.05) is 30.3 Å². The van der Waals surface area contributed by atoms with Crippen molar-refractivity contribution in [2.24, 2.45) is 0 Å². The number of aryl methyl sites for hydroxylation is 2. The van der Waals surface area contributed by atoms with E-state index in [-0.39, 0.29) is 6.04 Å². The molecule has 0 aliphatic carbocycles. The Bertz CT molecular complexity index is 1100. The number of fused-ring (bicyclic) bond motifs is 1. The molecule has 2 aromatic heterocycles. The molecule has 0 aliphatic rings. The Morgan fingerprint density at radius 1 is 0.852 bits per heavy atom. The molecule has 4 rings (SSSR count). The van der Waals surface area contributed by atoms with E-state index in [1.165, 1.54) is 11.1 Å². The van der Waals surface area contributed by atoms with Gasteiger partial charge in [-0.2, -0.15) is 0 Å². The average Bonchev–Trinajstić information content (AvgIpc) is 2.68. The second-order valence-corrected chi connectivity index (χ2v) is 6.88. The summed E-state index contributed by atoms with van der Waals surface area (Å²) in [5.41, 5.74) is 5.62. The number of nitrogens with zero attached hydrogens (tertiary/aromatic N) is 3. The Morgan fingerprint density at radius 3 is 2.56 bits per heavy atom. The lowest BCUT2D eigenvalue weighted by Crippen LogP contribution is -2.09. The van der Waals surface area contributed by atoms with Crippen LogP contribution < -0.4 is 5.32 Å². The van der Waals surface area contributed by atoms with Crippen LogP contribution in [-0.4, -0.2) is 15.0 Å². The zero-order valence-corrected chi connectivity index (χ0v) is 15.8. The maximum absolute atomic E-state index is 4.63. The molecule has 0 saturated carbocycles. The van der Waals surface area contributed by atoms with Gasteiger partial charge in [0, 0.05) is 29.4 Å². The average molecular weight is 354 g/mol. The Morgan fingerprint density at radius 2 is 1.70 bits per heavy atom. The molecule has 2 aromatic carbocycles. The Labute approximate surface area is 159 Å². The third kappa shape index (κ3) is 3.65. The Balaban J connectivity index is 1.66. The molecule has 0 amide bonds. The van der Waals surface area contributed by atoms with E-state index in [0.29, 0.717) is 0 Å². The topological polar surface area (TPSA) is 50.7 Å². The first kappa shape index (κ1) is 17.2. The number of rotatable bonds is 4. The third-order valence-corrected chi connectivity index (χ3v) is 4.66. The fourth-order valence-electron chi connectivity index (χ4n) is 3.29. The molecule has 0 saturated heterocycles. The molecule has 0 bridgehead atoms. The first-order valence-electron chi connectivity index (χ1n) is 9.12. The molecule has 1 atom stereocenters. The van der Waals surface area contributed by atoms with Gasteiger partial charge in [-0.25, -0.2) is 9.97 Å². The molecular weight excluding hydrogens is 332 g/mol. The molecule has 4 nitrogen and oxygen atoms in total. The number of pyridine rings is 1. The summed E-state index contributed by atoms with van der Waals surface area (Å²) in [4.78, 5) is 13.5. The molecule has 4 aromatic rings. The highest BCUT2D eigenvalue weighted by Crippen LogP contribution is 2.27. The maximum Gasteiger partial charge on any atom is 0.138 e. The maximum atomic E-state index is 4.63. The highest BCUT2D eigenvalue weighted by molar-refractivity contribution is 5.89. The largest absolute Gasteiger partial charge is 0.363 e. The predicted octanol–water partition coefficient (Wildman–Crippen LogP) is 5.48. The summed E-state index contributed by atoms with van der Waals surface area (Å²) in [6.45, 7) is 6.14. The molecule has 134 valence electrons. The van der Waals surface area contributed by atoms with E-state index >= 15 is 0 Å². The standard InChI is InChI=1S/C23H22N4/c1-15-11-20(14-24-13-15)19-8-6-7-18(12-19)16(2)25-23-21-9-4-5-10-22(21)26-17(3)27-23/h4-14,16H,1-3H3,(H,25,26,27). The minimum atomic E-state index is 0.112. The van der Waals surface area contributed by atoms with E-state index in [4.69, 9.17) is 0 Å². The number of hydrogen-bond donors (Lipinski definition) is 1. The van der Waals surface area contributed by atoms with Crippen molar-refractivity contribution in [2.45, 2.75) is 26.8 Å². The summed E-state index contributed by atoms with van der Waals surface area (Å²) >= 11 is 0. The SMILES string of the molecule is Cc1cncc(-c2cccc(C(C)Nc3nc(C)nc4ccccc34)c2)c1. The van der Waals surface area contributed by atoms with Gasteiger partial charge in [-0.15, -0.1) is 0 Å². The predicted molar refractivity (Wildman–Crippen MR) is 111 cm³/mol. The molecule has 2 heterocycles. The van der Waals surface area contributed by atoms with E-state index in [0.717, 1.165) is 33.7 Å². The van der Waals surface area contributed by atoms with Crippen LogP contribution >= 0.6 is 0 Å². The van der Waals surface area contributed by atoms with Crippen LogP contribution in [0.5, 0.6) is 0 Å². The Kier molecular flexibility index (Phi) is 4.55. The smallest absolute Gasteiger partial charge is 0.138 e. The zero-order valence-electron chi connectivity index (χ0n) is 15.8. The van der Waals surface area contributed by atoms with Crippen molar-refractivity contribution in [1.82, 2.24) is 15.0 Å². The lowest BCUT2D eigenvalue weighted by Gasteiger charge is -2.17. The van der Waals surface area contributed by atoms with Crippen LogP contribution in [-0.2, 0) is 0 Å². The van der Waals surface area contributed by atoms with Crippen LogP contribution in [0.4, 0.5) is 5.82 Å². The number of nitrogens with one attached hydrogen (secondary N) is 1. The molecule has 1 N–H and O–H groups in total. The number of hydrogen-bond acceptors (Lipinski definition) is 4. The Hall–Kier alpha value is -3.27. The first-order chi connectivity index (χ1) is 13.1. The van der Waals surface area contributed by atoms with Gasteiger partial charge in [0.2, 0.25) is 0 Å². The van der Waals surface area contributed by atoms with Crippen LogP contribution in [0.15, 0.2) is 67.0 Å². The van der Waals surface area contributed by atoms with Crippen molar-refractivity contribution < 1.29 is 0 Å². The summed E-state index contributed by atoms with van der Waals surface area (Å²) in [5, 5.41) is 4.60. The third-order valence-electron chi connectivity index (χ3n) is 4.66. The van der Waals surface area contributed by atoms with Crippen LogP contribution in [0.3, 0.4) is 0 Å². The minimum absolute atomic E-state index is 0.112. The minimum Gasteiger partial charge on any atom is -0.363 e. The van der Waals surface area contributed by atoms with Crippen molar-refractivity contribution in [3.05, 3.63) is 83.9 Å². The fourth-order valence-corrected chi connectivity index (χ4v) is 3.29. The lowest BCUT2D eigenvalue weighted by molar-refractivity contribution is 0.872. The van der Waals surface area contributed by atoms with E-state index in [2.05, 4.69) is 70.5 Å². The summed E-state index contributed by atoms with van der Waals surface area (Å²) in [6.07, 6.45) is 3.78. The number of aromatic nitrogens is 3. The van der Waals surface area contributed by atoms with E-state index in [1.54, 1.807) is 0 Å². The molecule has 1 unspecified atom stereocenters. The van der Waals surface area contributed by atoms with Gasteiger partial charge in [0.15, 0.2) is 0 Å². The van der Waals surface area contributed by atoms with Crippen molar-refractivity contribution >= 4 is 16.7 Å². The fraction of sp³-hybridized carbons (Fsp3) is 0.174. The van der Waals surface area contributed by atoms with Crippen LogP contribution in [0.25, 0.3) is 22.0 Å². The monoisotopic (exact) mass is 354 g/mol. The van der Waals surface area contributed by atoms with Crippen molar-refractivity contribution in [3.8, 4) is 11.1 Å². The van der Waals surface area contributed by atoms with Crippen molar-refractivity contribution in [3.63, 3.8) is 0 Å².